The number of sulfonamides is 1. The zero-order valence-corrected chi connectivity index (χ0v) is 17.2. The molecule has 0 aromatic heterocycles. The van der Waals surface area contributed by atoms with E-state index in [9.17, 15) is 23.3 Å². The zero-order chi connectivity index (χ0) is 21.6. The van der Waals surface area contributed by atoms with Crippen LogP contribution in [0.5, 0.6) is 0 Å². The van der Waals surface area contributed by atoms with Crippen molar-refractivity contribution in [3.8, 4) is 0 Å². The molecule has 0 aliphatic rings. The highest BCUT2D eigenvalue weighted by Gasteiger charge is 2.21. The van der Waals surface area contributed by atoms with Gasteiger partial charge in [-0.25, -0.2) is 13.1 Å². The molecule has 0 fully saturated rings. The average Bonchev–Trinajstić information content (AvgIpc) is 2.70. The van der Waals surface area contributed by atoms with Crippen LogP contribution in [0.15, 0.2) is 47.4 Å². The predicted octanol–water partition coefficient (Wildman–Crippen LogP) is 2.49. The van der Waals surface area contributed by atoms with Gasteiger partial charge in [-0.2, -0.15) is 0 Å². The van der Waals surface area contributed by atoms with Crippen LogP contribution < -0.4 is 15.4 Å². The van der Waals surface area contributed by atoms with E-state index in [1.54, 1.807) is 0 Å². The molecule has 2 aromatic carbocycles. The molecule has 29 heavy (non-hydrogen) atoms. The largest absolute Gasteiger partial charge is 0.371 e. The molecule has 0 aliphatic heterocycles. The maximum atomic E-state index is 12.3. The number of nitrogens with one attached hydrogen (secondary N) is 3. The third kappa shape index (κ3) is 5.75. The number of aryl methyl sites for hydroxylation is 1. The molecule has 0 bridgehead atoms. The van der Waals surface area contributed by atoms with Crippen molar-refractivity contribution < 1.29 is 18.1 Å². The fourth-order valence-corrected chi connectivity index (χ4v) is 3.49. The Morgan fingerprint density at radius 3 is 2.38 bits per heavy atom. The van der Waals surface area contributed by atoms with E-state index in [0.717, 1.165) is 17.2 Å². The highest BCUT2D eigenvalue weighted by Crippen LogP contribution is 2.27. The van der Waals surface area contributed by atoms with Gasteiger partial charge in [0, 0.05) is 6.07 Å². The molecule has 0 heterocycles. The fraction of sp³-hybridized carbons (Fsp3) is 0.316. The van der Waals surface area contributed by atoms with E-state index in [-0.39, 0.29) is 29.1 Å². The van der Waals surface area contributed by atoms with Crippen LogP contribution in [0.25, 0.3) is 0 Å². The number of nitro benzene ring substituents is 1. The Morgan fingerprint density at radius 2 is 1.83 bits per heavy atom. The number of carbonyl (C=O) groups excluding carboxylic acids is 1. The quantitative estimate of drug-likeness (QED) is 0.422. The number of hydrogen-bond donors (Lipinski definition) is 3. The number of carbonyl (C=O) groups is 1. The molecule has 0 unspecified atom stereocenters. The summed E-state index contributed by atoms with van der Waals surface area (Å²) in [4.78, 5) is 22.7. The van der Waals surface area contributed by atoms with Gasteiger partial charge in [-0.15, -0.1) is 0 Å². The highest BCUT2D eigenvalue weighted by molar-refractivity contribution is 7.89. The van der Waals surface area contributed by atoms with Crippen molar-refractivity contribution in [2.24, 2.45) is 0 Å². The van der Waals surface area contributed by atoms with Gasteiger partial charge >= 0.3 is 0 Å². The van der Waals surface area contributed by atoms with Crippen LogP contribution in [0, 0.1) is 17.0 Å². The van der Waals surface area contributed by atoms with E-state index in [1.165, 1.54) is 19.2 Å². The van der Waals surface area contributed by atoms with Crippen molar-refractivity contribution in [3.05, 3.63) is 63.7 Å². The maximum absolute atomic E-state index is 12.3. The van der Waals surface area contributed by atoms with Crippen molar-refractivity contribution in [1.82, 2.24) is 10.0 Å². The monoisotopic (exact) mass is 420 g/mol. The lowest BCUT2D eigenvalue weighted by Gasteiger charge is -2.18. The number of rotatable bonds is 9. The standard InChI is InChI=1S/C19H24N4O5S/c1-4-16(14-7-5-13(2)6-8-14)22-19(24)12-21-17-10-9-15(29(27,28)20-3)11-18(17)23(25)26/h5-11,16,20-21H,4,12H2,1-3H3,(H,22,24)/t16-/m1/s1. The van der Waals surface area contributed by atoms with Gasteiger partial charge in [-0.05, 0) is 38.1 Å². The molecule has 10 heteroatoms. The van der Waals surface area contributed by atoms with Gasteiger partial charge in [0.05, 0.1) is 22.4 Å². The van der Waals surface area contributed by atoms with Crippen molar-refractivity contribution in [2.75, 3.05) is 18.9 Å². The second kappa shape index (κ2) is 9.48. The minimum absolute atomic E-state index is 0.0589. The van der Waals surface area contributed by atoms with Gasteiger partial charge in [0.25, 0.3) is 5.69 Å². The van der Waals surface area contributed by atoms with E-state index in [1.807, 2.05) is 38.1 Å². The van der Waals surface area contributed by atoms with Gasteiger partial charge in [0.1, 0.15) is 5.69 Å². The first-order chi connectivity index (χ1) is 13.7. The summed E-state index contributed by atoms with van der Waals surface area (Å²) in [5, 5.41) is 16.9. The van der Waals surface area contributed by atoms with Gasteiger partial charge in [0.15, 0.2) is 0 Å². The summed E-state index contributed by atoms with van der Waals surface area (Å²) in [6.07, 6.45) is 0.686. The van der Waals surface area contributed by atoms with Gasteiger partial charge in [0.2, 0.25) is 15.9 Å². The molecule has 3 N–H and O–H groups in total. The summed E-state index contributed by atoms with van der Waals surface area (Å²) in [5.74, 6) is -0.335. The van der Waals surface area contributed by atoms with Gasteiger partial charge in [-0.3, -0.25) is 14.9 Å². The summed E-state index contributed by atoms with van der Waals surface area (Å²) in [6.45, 7) is 3.73. The van der Waals surface area contributed by atoms with E-state index in [4.69, 9.17) is 0 Å². The summed E-state index contributed by atoms with van der Waals surface area (Å²) < 4.78 is 25.8. The SMILES string of the molecule is CC[C@@H](NC(=O)CNc1ccc(S(=O)(=O)NC)cc1[N+](=O)[O-])c1ccc(C)cc1. The summed E-state index contributed by atoms with van der Waals surface area (Å²) >= 11 is 0. The molecule has 1 atom stereocenters. The van der Waals surface area contributed by atoms with Crippen molar-refractivity contribution in [1.29, 1.82) is 0 Å². The molecule has 9 nitrogen and oxygen atoms in total. The van der Waals surface area contributed by atoms with Crippen LogP contribution in [0.3, 0.4) is 0 Å². The molecule has 156 valence electrons. The zero-order valence-electron chi connectivity index (χ0n) is 16.4. The number of benzene rings is 2. The number of nitrogens with zero attached hydrogens (tertiary/aromatic N) is 1. The number of nitro groups is 1. The van der Waals surface area contributed by atoms with Crippen LogP contribution in [-0.2, 0) is 14.8 Å². The lowest BCUT2D eigenvalue weighted by Crippen LogP contribution is -2.33. The Kier molecular flexibility index (Phi) is 7.29. The molecule has 0 saturated heterocycles. The third-order valence-electron chi connectivity index (χ3n) is 4.41. The average molecular weight is 420 g/mol. The van der Waals surface area contributed by atoms with E-state index >= 15 is 0 Å². The van der Waals surface area contributed by atoms with Crippen LogP contribution in [0.1, 0.15) is 30.5 Å². The Labute approximate surface area is 169 Å². The van der Waals surface area contributed by atoms with Crippen molar-refractivity contribution >= 4 is 27.3 Å². The molecular weight excluding hydrogens is 396 g/mol. The smallest absolute Gasteiger partial charge is 0.293 e. The molecule has 2 aromatic rings. The number of amides is 1. The topological polar surface area (TPSA) is 130 Å². The highest BCUT2D eigenvalue weighted by atomic mass is 32.2. The lowest BCUT2D eigenvalue weighted by atomic mass is 10.0. The second-order valence-corrected chi connectivity index (χ2v) is 8.32. The van der Waals surface area contributed by atoms with Crippen LogP contribution >= 0.6 is 0 Å². The van der Waals surface area contributed by atoms with Crippen LogP contribution in [-0.4, -0.2) is 32.8 Å². The first-order valence-electron chi connectivity index (χ1n) is 8.99. The Bertz CT molecular complexity index is 990. The van der Waals surface area contributed by atoms with E-state index < -0.39 is 20.6 Å². The summed E-state index contributed by atoms with van der Waals surface area (Å²) in [5.41, 5.74) is 1.72. The van der Waals surface area contributed by atoms with Gasteiger partial charge < -0.3 is 10.6 Å². The summed E-state index contributed by atoms with van der Waals surface area (Å²) in [7, 11) is -2.60. The normalized spacial score (nSPS) is 12.2. The molecule has 2 rings (SSSR count). The van der Waals surface area contributed by atoms with Crippen molar-refractivity contribution in [2.45, 2.75) is 31.2 Å². The summed E-state index contributed by atoms with van der Waals surface area (Å²) in [6, 6.07) is 11.1. The first-order valence-corrected chi connectivity index (χ1v) is 10.5. The lowest BCUT2D eigenvalue weighted by molar-refractivity contribution is -0.384. The minimum Gasteiger partial charge on any atom is -0.371 e. The number of hydrogen-bond acceptors (Lipinski definition) is 6. The Hall–Kier alpha value is -2.98. The van der Waals surface area contributed by atoms with E-state index in [0.29, 0.717) is 6.42 Å². The minimum atomic E-state index is -3.82. The fourth-order valence-electron chi connectivity index (χ4n) is 2.74. The second-order valence-electron chi connectivity index (χ2n) is 6.44. The number of anilines is 1. The third-order valence-corrected chi connectivity index (χ3v) is 5.82. The van der Waals surface area contributed by atoms with Gasteiger partial charge in [-0.1, -0.05) is 36.8 Å². The first kappa shape index (κ1) is 22.3. The maximum Gasteiger partial charge on any atom is 0.293 e. The predicted molar refractivity (Wildman–Crippen MR) is 110 cm³/mol. The van der Waals surface area contributed by atoms with Crippen LogP contribution in [0.4, 0.5) is 11.4 Å². The Balaban J connectivity index is 2.10. The molecule has 0 aliphatic carbocycles. The molecule has 0 radical (unpaired) electrons. The van der Waals surface area contributed by atoms with Crippen molar-refractivity contribution in [3.63, 3.8) is 0 Å². The van der Waals surface area contributed by atoms with E-state index in [2.05, 4.69) is 15.4 Å². The Morgan fingerprint density at radius 1 is 1.17 bits per heavy atom. The molecule has 0 saturated carbocycles. The molecule has 1 amide bonds. The van der Waals surface area contributed by atoms with Crippen LogP contribution in [0.2, 0.25) is 0 Å². The molecule has 0 spiro atoms. The molecular formula is C19H24N4O5S.